The van der Waals surface area contributed by atoms with Crippen molar-refractivity contribution in [2.24, 2.45) is 0 Å². The number of rotatable bonds is 6. The summed E-state index contributed by atoms with van der Waals surface area (Å²) in [4.78, 5) is 8.65. The van der Waals surface area contributed by atoms with Gasteiger partial charge in [-0.05, 0) is 35.7 Å². The van der Waals surface area contributed by atoms with Crippen molar-refractivity contribution in [3.05, 3.63) is 84.4 Å². The number of hydrogen-bond acceptors (Lipinski definition) is 4. The number of anilines is 1. The standard InChI is InChI=1S/C25H28N2O2/c1-20-18-26(23-12-8-13-24(17-23)28-2)15-16-27(20)29-19-22-11-6-7-14-25(22)21-9-4-3-5-10-21/h3-14,17,20H,15-16,18-19H2,1-2H3. The molecule has 0 saturated carbocycles. The third kappa shape index (κ3) is 4.61. The van der Waals surface area contributed by atoms with Crippen LogP contribution in [0.3, 0.4) is 0 Å². The zero-order valence-electron chi connectivity index (χ0n) is 17.1. The first-order valence-corrected chi connectivity index (χ1v) is 10.2. The van der Waals surface area contributed by atoms with E-state index in [4.69, 9.17) is 9.57 Å². The first kappa shape index (κ1) is 19.5. The van der Waals surface area contributed by atoms with E-state index in [0.717, 1.165) is 25.4 Å². The molecule has 150 valence electrons. The van der Waals surface area contributed by atoms with Crippen molar-refractivity contribution in [1.29, 1.82) is 0 Å². The molecule has 4 heteroatoms. The van der Waals surface area contributed by atoms with E-state index in [1.165, 1.54) is 22.4 Å². The Morgan fingerprint density at radius 3 is 2.48 bits per heavy atom. The molecule has 1 saturated heterocycles. The molecule has 1 aliphatic heterocycles. The molecule has 3 aromatic rings. The van der Waals surface area contributed by atoms with Gasteiger partial charge in [0.05, 0.1) is 19.8 Å². The number of methoxy groups -OCH3 is 1. The lowest BCUT2D eigenvalue weighted by Crippen LogP contribution is -2.51. The molecule has 1 aliphatic rings. The van der Waals surface area contributed by atoms with Crippen LogP contribution in [0.15, 0.2) is 78.9 Å². The monoisotopic (exact) mass is 388 g/mol. The first-order chi connectivity index (χ1) is 14.2. The van der Waals surface area contributed by atoms with Gasteiger partial charge in [0.15, 0.2) is 0 Å². The van der Waals surface area contributed by atoms with E-state index in [9.17, 15) is 0 Å². The molecule has 4 rings (SSSR count). The van der Waals surface area contributed by atoms with Crippen molar-refractivity contribution >= 4 is 5.69 Å². The summed E-state index contributed by atoms with van der Waals surface area (Å²) in [6.07, 6.45) is 0. The average Bonchev–Trinajstić information content (AvgIpc) is 2.79. The molecule has 1 atom stereocenters. The Bertz CT molecular complexity index is 929. The van der Waals surface area contributed by atoms with E-state index in [-0.39, 0.29) is 0 Å². The van der Waals surface area contributed by atoms with Crippen LogP contribution in [0.4, 0.5) is 5.69 Å². The van der Waals surface area contributed by atoms with Gasteiger partial charge in [-0.2, -0.15) is 5.06 Å². The zero-order chi connectivity index (χ0) is 20.1. The summed E-state index contributed by atoms with van der Waals surface area (Å²) in [5.74, 6) is 0.895. The molecule has 0 bridgehead atoms. The molecular weight excluding hydrogens is 360 g/mol. The molecule has 1 heterocycles. The highest BCUT2D eigenvalue weighted by Crippen LogP contribution is 2.26. The van der Waals surface area contributed by atoms with Crippen molar-refractivity contribution in [3.63, 3.8) is 0 Å². The molecule has 0 radical (unpaired) electrons. The van der Waals surface area contributed by atoms with Crippen LogP contribution < -0.4 is 9.64 Å². The molecule has 4 nitrogen and oxygen atoms in total. The van der Waals surface area contributed by atoms with Crippen molar-refractivity contribution in [1.82, 2.24) is 5.06 Å². The Balaban J connectivity index is 1.40. The highest BCUT2D eigenvalue weighted by molar-refractivity contribution is 5.67. The van der Waals surface area contributed by atoms with Crippen LogP contribution in [0.2, 0.25) is 0 Å². The molecule has 0 N–H and O–H groups in total. The van der Waals surface area contributed by atoms with E-state index in [0.29, 0.717) is 12.6 Å². The number of benzene rings is 3. The van der Waals surface area contributed by atoms with Crippen LogP contribution in [0, 0.1) is 0 Å². The maximum atomic E-state index is 6.25. The summed E-state index contributed by atoms with van der Waals surface area (Å²) in [5.41, 5.74) is 4.87. The van der Waals surface area contributed by atoms with Gasteiger partial charge in [-0.15, -0.1) is 0 Å². The fourth-order valence-corrected chi connectivity index (χ4v) is 3.87. The third-order valence-corrected chi connectivity index (χ3v) is 5.47. The van der Waals surface area contributed by atoms with Gasteiger partial charge in [0, 0.05) is 31.4 Å². The number of piperazine rings is 1. The predicted octanol–water partition coefficient (Wildman–Crippen LogP) is 5.00. The third-order valence-electron chi connectivity index (χ3n) is 5.47. The SMILES string of the molecule is COc1cccc(N2CCN(OCc3ccccc3-c3ccccc3)C(C)C2)c1. The lowest BCUT2D eigenvalue weighted by Gasteiger charge is -2.40. The van der Waals surface area contributed by atoms with Gasteiger partial charge < -0.3 is 9.64 Å². The van der Waals surface area contributed by atoms with E-state index >= 15 is 0 Å². The summed E-state index contributed by atoms with van der Waals surface area (Å²) < 4.78 is 5.37. The second-order valence-electron chi connectivity index (χ2n) is 7.43. The molecule has 29 heavy (non-hydrogen) atoms. The van der Waals surface area contributed by atoms with Gasteiger partial charge in [-0.3, -0.25) is 4.84 Å². The zero-order valence-corrected chi connectivity index (χ0v) is 17.1. The lowest BCUT2D eigenvalue weighted by atomic mass is 10.0. The number of hydroxylamine groups is 2. The van der Waals surface area contributed by atoms with E-state index in [1.807, 2.05) is 18.2 Å². The number of nitrogens with zero attached hydrogens (tertiary/aromatic N) is 2. The van der Waals surface area contributed by atoms with Crippen molar-refractivity contribution < 1.29 is 9.57 Å². The minimum Gasteiger partial charge on any atom is -0.497 e. The maximum Gasteiger partial charge on any atom is 0.120 e. The number of ether oxygens (including phenoxy) is 1. The van der Waals surface area contributed by atoms with Crippen LogP contribution in [0.1, 0.15) is 12.5 Å². The topological polar surface area (TPSA) is 24.9 Å². The Morgan fingerprint density at radius 2 is 1.69 bits per heavy atom. The summed E-state index contributed by atoms with van der Waals surface area (Å²) in [6.45, 7) is 5.52. The second kappa shape index (κ2) is 9.12. The Morgan fingerprint density at radius 1 is 0.897 bits per heavy atom. The normalized spacial score (nSPS) is 17.3. The van der Waals surface area contributed by atoms with Crippen molar-refractivity contribution in [2.45, 2.75) is 19.6 Å². The largest absolute Gasteiger partial charge is 0.497 e. The van der Waals surface area contributed by atoms with Gasteiger partial charge >= 0.3 is 0 Å². The Kier molecular flexibility index (Phi) is 6.13. The minimum absolute atomic E-state index is 0.304. The van der Waals surface area contributed by atoms with E-state index in [1.54, 1.807) is 7.11 Å². The van der Waals surface area contributed by atoms with Crippen LogP contribution in [0.25, 0.3) is 11.1 Å². The van der Waals surface area contributed by atoms with Gasteiger partial charge in [0.25, 0.3) is 0 Å². The molecular formula is C25H28N2O2. The average molecular weight is 389 g/mol. The van der Waals surface area contributed by atoms with E-state index in [2.05, 4.69) is 77.6 Å². The summed E-state index contributed by atoms with van der Waals surface area (Å²) >= 11 is 0. The second-order valence-corrected chi connectivity index (χ2v) is 7.43. The molecule has 0 aliphatic carbocycles. The highest BCUT2D eigenvalue weighted by atomic mass is 16.7. The van der Waals surface area contributed by atoms with Crippen molar-refractivity contribution in [3.8, 4) is 16.9 Å². The lowest BCUT2D eigenvalue weighted by molar-refractivity contribution is -0.195. The van der Waals surface area contributed by atoms with Gasteiger partial charge in [-0.1, -0.05) is 60.7 Å². The van der Waals surface area contributed by atoms with Crippen molar-refractivity contribution in [2.75, 3.05) is 31.6 Å². The predicted molar refractivity (Wildman–Crippen MR) is 118 cm³/mol. The van der Waals surface area contributed by atoms with Crippen LogP contribution in [-0.2, 0) is 11.4 Å². The molecule has 3 aromatic carbocycles. The Labute approximate surface area is 173 Å². The molecule has 1 unspecified atom stereocenters. The summed E-state index contributed by atoms with van der Waals surface area (Å²) in [7, 11) is 1.71. The van der Waals surface area contributed by atoms with Gasteiger partial charge in [0.2, 0.25) is 0 Å². The van der Waals surface area contributed by atoms with Crippen LogP contribution in [0.5, 0.6) is 5.75 Å². The quantitative estimate of drug-likeness (QED) is 0.593. The first-order valence-electron chi connectivity index (χ1n) is 10.2. The minimum atomic E-state index is 0.304. The smallest absolute Gasteiger partial charge is 0.120 e. The number of hydrogen-bond donors (Lipinski definition) is 0. The fraction of sp³-hybridized carbons (Fsp3) is 0.280. The Hall–Kier alpha value is -2.82. The fourth-order valence-electron chi connectivity index (χ4n) is 3.87. The van der Waals surface area contributed by atoms with Gasteiger partial charge in [-0.25, -0.2) is 0 Å². The van der Waals surface area contributed by atoms with E-state index < -0.39 is 0 Å². The molecule has 0 amide bonds. The molecule has 0 spiro atoms. The molecule has 0 aromatic heterocycles. The van der Waals surface area contributed by atoms with Crippen LogP contribution >= 0.6 is 0 Å². The highest BCUT2D eigenvalue weighted by Gasteiger charge is 2.25. The maximum absolute atomic E-state index is 6.25. The summed E-state index contributed by atoms with van der Waals surface area (Å²) in [5, 5.41) is 2.12. The molecule has 1 fully saturated rings. The van der Waals surface area contributed by atoms with Crippen LogP contribution in [-0.4, -0.2) is 37.8 Å². The summed E-state index contributed by atoms with van der Waals surface area (Å²) in [6, 6.07) is 27.5. The van der Waals surface area contributed by atoms with Gasteiger partial charge in [0.1, 0.15) is 5.75 Å².